The van der Waals surface area contributed by atoms with Crippen LogP contribution in [0.3, 0.4) is 0 Å². The van der Waals surface area contributed by atoms with Gasteiger partial charge in [0, 0.05) is 6.07 Å². The molecule has 0 bridgehead atoms. The van der Waals surface area contributed by atoms with E-state index in [2.05, 4.69) is 5.32 Å². The number of benzene rings is 1. The lowest BCUT2D eigenvalue weighted by atomic mass is 10.2. The zero-order valence-electron chi connectivity index (χ0n) is 10.2. The van der Waals surface area contributed by atoms with E-state index in [4.69, 9.17) is 4.42 Å². The van der Waals surface area contributed by atoms with E-state index in [1.807, 2.05) is 0 Å². The van der Waals surface area contributed by atoms with Gasteiger partial charge in [-0.25, -0.2) is 8.78 Å². The number of furan rings is 1. The monoisotopic (exact) mass is 299 g/mol. The van der Waals surface area contributed by atoms with Crippen molar-refractivity contribution in [2.24, 2.45) is 0 Å². The minimum Gasteiger partial charge on any atom is -0.404 e. The molecule has 21 heavy (non-hydrogen) atoms. The highest BCUT2D eigenvalue weighted by Crippen LogP contribution is 2.29. The second-order valence-electron chi connectivity index (χ2n) is 3.86. The summed E-state index contributed by atoms with van der Waals surface area (Å²) in [5, 5.41) is 23.5. The third-order valence-corrected chi connectivity index (χ3v) is 2.54. The van der Waals surface area contributed by atoms with Gasteiger partial charge >= 0.3 is 5.88 Å². The number of hydrogen-bond acceptors (Lipinski definition) is 6. The van der Waals surface area contributed by atoms with E-state index < -0.39 is 38.7 Å². The van der Waals surface area contributed by atoms with Gasteiger partial charge in [-0.1, -0.05) is 0 Å². The maximum absolute atomic E-state index is 13.6. The van der Waals surface area contributed by atoms with E-state index in [-0.39, 0.29) is 12.3 Å². The van der Waals surface area contributed by atoms with Gasteiger partial charge in [0.1, 0.15) is 10.7 Å². The second-order valence-corrected chi connectivity index (χ2v) is 3.86. The number of nitrogens with one attached hydrogen (secondary N) is 1. The fourth-order valence-electron chi connectivity index (χ4n) is 1.60. The number of hydrogen-bond donors (Lipinski definition) is 1. The largest absolute Gasteiger partial charge is 0.433 e. The van der Waals surface area contributed by atoms with E-state index in [9.17, 15) is 29.0 Å². The molecule has 0 aliphatic heterocycles. The summed E-state index contributed by atoms with van der Waals surface area (Å²) in [5.74, 6) is -3.15. The molecule has 110 valence electrons. The molecule has 0 saturated heterocycles. The highest BCUT2D eigenvalue weighted by molar-refractivity contribution is 5.62. The average molecular weight is 299 g/mol. The molecule has 2 aromatic rings. The van der Waals surface area contributed by atoms with Gasteiger partial charge in [-0.3, -0.25) is 20.2 Å². The van der Waals surface area contributed by atoms with Crippen LogP contribution >= 0.6 is 0 Å². The number of rotatable bonds is 5. The Bertz CT molecular complexity index is 716. The molecule has 10 heteroatoms. The first kappa shape index (κ1) is 14.4. The Morgan fingerprint density at radius 1 is 1.10 bits per heavy atom. The van der Waals surface area contributed by atoms with Crippen molar-refractivity contribution in [2.75, 3.05) is 5.32 Å². The molecule has 1 N–H and O–H groups in total. The van der Waals surface area contributed by atoms with Gasteiger partial charge in [0.25, 0.3) is 5.69 Å². The summed E-state index contributed by atoms with van der Waals surface area (Å²) in [6.45, 7) is -0.283. The lowest BCUT2D eigenvalue weighted by molar-refractivity contribution is -0.402. The Morgan fingerprint density at radius 3 is 2.38 bits per heavy atom. The number of nitro groups is 2. The summed E-state index contributed by atoms with van der Waals surface area (Å²) < 4.78 is 31.5. The highest BCUT2D eigenvalue weighted by Gasteiger charge is 2.22. The first-order chi connectivity index (χ1) is 9.90. The molecule has 0 atom stereocenters. The van der Waals surface area contributed by atoms with Crippen molar-refractivity contribution in [3.63, 3.8) is 0 Å². The van der Waals surface area contributed by atoms with Crippen molar-refractivity contribution in [1.29, 1.82) is 0 Å². The molecule has 1 aromatic carbocycles. The number of nitrogens with zero attached hydrogens (tertiary/aromatic N) is 2. The molecule has 1 heterocycles. The number of halogens is 2. The van der Waals surface area contributed by atoms with Crippen LogP contribution in [0, 0.1) is 31.9 Å². The van der Waals surface area contributed by atoms with Crippen molar-refractivity contribution in [3.8, 4) is 0 Å². The van der Waals surface area contributed by atoms with Crippen LogP contribution < -0.4 is 5.32 Å². The van der Waals surface area contributed by atoms with E-state index in [0.29, 0.717) is 6.07 Å². The molecule has 1 aromatic heterocycles. The second kappa shape index (κ2) is 5.53. The highest BCUT2D eigenvalue weighted by atomic mass is 19.2. The standard InChI is InChI=1S/C11H7F2N3O5/c12-7-2-3-8(15(17)18)11(10(7)13)14-5-6-1-4-9(21-6)16(19)20/h1-4,14H,5H2. The summed E-state index contributed by atoms with van der Waals surface area (Å²) in [4.78, 5) is 19.5. The van der Waals surface area contributed by atoms with Crippen LogP contribution in [0.5, 0.6) is 0 Å². The smallest absolute Gasteiger partial charge is 0.404 e. The van der Waals surface area contributed by atoms with Crippen molar-refractivity contribution < 1.29 is 23.0 Å². The van der Waals surface area contributed by atoms with E-state index >= 15 is 0 Å². The predicted molar refractivity (Wildman–Crippen MR) is 65.7 cm³/mol. The normalized spacial score (nSPS) is 10.4. The Balaban J connectivity index is 2.24. The van der Waals surface area contributed by atoms with Gasteiger partial charge in [-0.15, -0.1) is 0 Å². The molecule has 0 fully saturated rings. The molecule has 0 aliphatic carbocycles. The fourth-order valence-corrected chi connectivity index (χ4v) is 1.60. The maximum Gasteiger partial charge on any atom is 0.433 e. The Labute approximate surface area is 115 Å². The Kier molecular flexibility index (Phi) is 3.78. The molecular formula is C11H7F2N3O5. The Morgan fingerprint density at radius 2 is 1.81 bits per heavy atom. The summed E-state index contributed by atoms with van der Waals surface area (Å²) in [7, 11) is 0. The van der Waals surface area contributed by atoms with Crippen LogP contribution in [0.15, 0.2) is 28.7 Å². The molecule has 0 unspecified atom stereocenters. The summed E-state index contributed by atoms with van der Waals surface area (Å²) in [6.07, 6.45) is 0. The van der Waals surface area contributed by atoms with Crippen LogP contribution in [0.2, 0.25) is 0 Å². The molecular weight excluding hydrogens is 292 g/mol. The quantitative estimate of drug-likeness (QED) is 0.671. The molecule has 0 amide bonds. The minimum absolute atomic E-state index is 0.0414. The third-order valence-electron chi connectivity index (χ3n) is 2.54. The summed E-state index contributed by atoms with van der Waals surface area (Å²) in [6, 6.07) is 3.77. The van der Waals surface area contributed by atoms with Gasteiger partial charge in [0.2, 0.25) is 0 Å². The summed E-state index contributed by atoms with van der Waals surface area (Å²) >= 11 is 0. The topological polar surface area (TPSA) is 111 Å². The van der Waals surface area contributed by atoms with Gasteiger partial charge in [0.15, 0.2) is 17.3 Å². The average Bonchev–Trinajstić information content (AvgIpc) is 2.89. The first-order valence-electron chi connectivity index (χ1n) is 5.49. The van der Waals surface area contributed by atoms with Crippen molar-refractivity contribution in [2.45, 2.75) is 6.54 Å². The van der Waals surface area contributed by atoms with Crippen LogP contribution in [0.25, 0.3) is 0 Å². The van der Waals surface area contributed by atoms with Crippen LogP contribution in [-0.4, -0.2) is 9.85 Å². The molecule has 0 aliphatic rings. The van der Waals surface area contributed by atoms with Crippen molar-refractivity contribution in [3.05, 3.63) is 61.9 Å². The molecule has 2 rings (SSSR count). The van der Waals surface area contributed by atoms with E-state index in [1.54, 1.807) is 0 Å². The van der Waals surface area contributed by atoms with E-state index in [0.717, 1.165) is 12.1 Å². The molecule has 0 radical (unpaired) electrons. The van der Waals surface area contributed by atoms with E-state index in [1.165, 1.54) is 6.07 Å². The maximum atomic E-state index is 13.6. The molecule has 0 saturated carbocycles. The SMILES string of the molecule is O=[N+]([O-])c1ccc(CNc2c([N+](=O)[O-])ccc(F)c2F)o1. The minimum atomic E-state index is -1.41. The molecule has 8 nitrogen and oxygen atoms in total. The van der Waals surface area contributed by atoms with Crippen LogP contribution in [0.4, 0.5) is 26.0 Å². The summed E-state index contributed by atoms with van der Waals surface area (Å²) in [5.41, 5.74) is -1.31. The van der Waals surface area contributed by atoms with Crippen LogP contribution in [-0.2, 0) is 6.54 Å². The fraction of sp³-hybridized carbons (Fsp3) is 0.0909. The van der Waals surface area contributed by atoms with Gasteiger partial charge in [0.05, 0.1) is 17.5 Å². The predicted octanol–water partition coefficient (Wildman–Crippen LogP) is 2.99. The zero-order valence-corrected chi connectivity index (χ0v) is 10.2. The Hall–Kier alpha value is -3.04. The lowest BCUT2D eigenvalue weighted by Gasteiger charge is -2.07. The number of anilines is 1. The zero-order chi connectivity index (χ0) is 15.6. The first-order valence-corrected chi connectivity index (χ1v) is 5.49. The van der Waals surface area contributed by atoms with Gasteiger partial charge < -0.3 is 9.73 Å². The number of nitro benzene ring substituents is 1. The lowest BCUT2D eigenvalue weighted by Crippen LogP contribution is -2.05. The molecule has 0 spiro atoms. The third kappa shape index (κ3) is 2.94. The van der Waals surface area contributed by atoms with Crippen molar-refractivity contribution in [1.82, 2.24) is 0 Å². The van der Waals surface area contributed by atoms with Crippen molar-refractivity contribution >= 4 is 17.3 Å². The van der Waals surface area contributed by atoms with Crippen LogP contribution in [0.1, 0.15) is 5.76 Å². The van der Waals surface area contributed by atoms with Gasteiger partial charge in [-0.05, 0) is 12.1 Å². The van der Waals surface area contributed by atoms with Gasteiger partial charge in [-0.2, -0.15) is 0 Å².